The zero-order valence-corrected chi connectivity index (χ0v) is 23.8. The van der Waals surface area contributed by atoms with E-state index in [1.807, 2.05) is 6.07 Å². The first-order valence-electron chi connectivity index (χ1n) is 13.8. The first kappa shape index (κ1) is 27.5. The van der Waals surface area contributed by atoms with Crippen LogP contribution in [0, 0.1) is 12.8 Å². The van der Waals surface area contributed by atoms with Crippen LogP contribution in [0.2, 0.25) is 5.02 Å². The number of rotatable bonds is 4. The molecule has 214 valence electrons. The van der Waals surface area contributed by atoms with Crippen LogP contribution in [0.5, 0.6) is 0 Å². The van der Waals surface area contributed by atoms with Crippen molar-refractivity contribution in [2.75, 3.05) is 0 Å². The molecule has 0 aliphatic heterocycles. The quantitative estimate of drug-likeness (QED) is 0.338. The molecular formula is C31H32ClFN4O4. The predicted octanol–water partition coefficient (Wildman–Crippen LogP) is 4.06. The maximum Gasteiger partial charge on any atom is 0.340 e. The first-order chi connectivity index (χ1) is 19.4. The standard InChI is InChI=1S/C31H32ClFN4O4/c1-15-17(6-4-8-23(15)37-25(38)14-24-20(32)7-5-11-36(24)30(37)40)26-21(33)13-19(29(34)39)28-27(26)18-10-9-16(31(2,3)41)12-22(18)35-28/h4-8,11,14,16,19,21,26,35,41H,9-10,12-13H2,1-3H3,(H2,34,39)/t16-,19?,21?,26?/m0/s1. The number of fused-ring (bicyclic) bond motifs is 4. The zero-order valence-electron chi connectivity index (χ0n) is 23.1. The van der Waals surface area contributed by atoms with Gasteiger partial charge in [0.15, 0.2) is 0 Å². The Bertz CT molecular complexity index is 1830. The highest BCUT2D eigenvalue weighted by Gasteiger charge is 2.44. The van der Waals surface area contributed by atoms with Crippen LogP contribution in [0.15, 0.2) is 52.2 Å². The number of nitrogens with two attached hydrogens (primary N) is 1. The van der Waals surface area contributed by atoms with Crippen molar-refractivity contribution in [2.24, 2.45) is 11.7 Å². The van der Waals surface area contributed by atoms with Crippen molar-refractivity contribution in [3.05, 3.63) is 102 Å². The molecule has 4 N–H and O–H groups in total. The molecule has 0 saturated carbocycles. The summed E-state index contributed by atoms with van der Waals surface area (Å²) in [5, 5.41) is 11.0. The van der Waals surface area contributed by atoms with Gasteiger partial charge >= 0.3 is 5.69 Å². The third-order valence-electron chi connectivity index (χ3n) is 9.07. The minimum Gasteiger partial charge on any atom is -0.390 e. The summed E-state index contributed by atoms with van der Waals surface area (Å²) in [6.07, 6.45) is 1.95. The van der Waals surface area contributed by atoms with Gasteiger partial charge in [0.05, 0.1) is 27.7 Å². The smallest absolute Gasteiger partial charge is 0.340 e. The molecule has 3 unspecified atom stereocenters. The average molecular weight is 579 g/mol. The number of nitrogens with zero attached hydrogens (tertiary/aromatic N) is 2. The molecule has 0 saturated heterocycles. The van der Waals surface area contributed by atoms with Gasteiger partial charge in [0.25, 0.3) is 5.56 Å². The van der Waals surface area contributed by atoms with E-state index in [1.165, 1.54) is 10.5 Å². The molecule has 2 aliphatic rings. The SMILES string of the molecule is Cc1c(C2c3c([nH]c4c3CC[C@H](C(C)(C)O)C4)C(C(N)=O)CC2F)cccc1-n1c(=O)cc2c(Cl)cccn2c1=O. The summed E-state index contributed by atoms with van der Waals surface area (Å²) in [5.41, 5.74) is 8.82. The van der Waals surface area contributed by atoms with Crippen LogP contribution in [-0.4, -0.2) is 36.7 Å². The Hall–Kier alpha value is -3.69. The number of pyridine rings is 1. The van der Waals surface area contributed by atoms with Crippen molar-refractivity contribution < 1.29 is 14.3 Å². The highest BCUT2D eigenvalue weighted by Crippen LogP contribution is 2.49. The van der Waals surface area contributed by atoms with E-state index in [9.17, 15) is 19.5 Å². The minimum absolute atomic E-state index is 0.00748. The molecule has 3 heterocycles. The number of aliphatic hydroxyl groups is 1. The summed E-state index contributed by atoms with van der Waals surface area (Å²) in [4.78, 5) is 42.6. The lowest BCUT2D eigenvalue weighted by atomic mass is 9.70. The van der Waals surface area contributed by atoms with Gasteiger partial charge in [0.1, 0.15) is 6.17 Å². The molecule has 10 heteroatoms. The number of primary amides is 1. The maximum atomic E-state index is 16.3. The topological polar surface area (TPSA) is 123 Å². The predicted molar refractivity (Wildman–Crippen MR) is 155 cm³/mol. The molecule has 0 radical (unpaired) electrons. The van der Waals surface area contributed by atoms with Crippen molar-refractivity contribution in [1.29, 1.82) is 0 Å². The molecule has 6 rings (SSSR count). The number of hydrogen-bond acceptors (Lipinski definition) is 4. The van der Waals surface area contributed by atoms with E-state index in [1.54, 1.807) is 51.2 Å². The number of benzene rings is 1. The number of hydrogen-bond donors (Lipinski definition) is 3. The van der Waals surface area contributed by atoms with E-state index in [0.717, 1.165) is 27.8 Å². The highest BCUT2D eigenvalue weighted by atomic mass is 35.5. The molecule has 8 nitrogen and oxygen atoms in total. The van der Waals surface area contributed by atoms with Crippen LogP contribution in [0.3, 0.4) is 0 Å². The van der Waals surface area contributed by atoms with Gasteiger partial charge in [-0.1, -0.05) is 23.7 Å². The van der Waals surface area contributed by atoms with Crippen LogP contribution in [0.25, 0.3) is 11.2 Å². The maximum absolute atomic E-state index is 16.3. The average Bonchev–Trinajstić information content (AvgIpc) is 3.28. The molecule has 41 heavy (non-hydrogen) atoms. The Morgan fingerprint density at radius 2 is 1.98 bits per heavy atom. The van der Waals surface area contributed by atoms with Gasteiger partial charge in [-0.25, -0.2) is 13.8 Å². The van der Waals surface area contributed by atoms with E-state index in [2.05, 4.69) is 4.98 Å². The number of aromatic nitrogens is 3. The van der Waals surface area contributed by atoms with Gasteiger partial charge in [-0.15, -0.1) is 0 Å². The second kappa shape index (κ2) is 9.70. The van der Waals surface area contributed by atoms with E-state index in [4.69, 9.17) is 17.3 Å². The summed E-state index contributed by atoms with van der Waals surface area (Å²) in [6.45, 7) is 5.36. The normalized spacial score (nSPS) is 22.4. The second-order valence-electron chi connectivity index (χ2n) is 11.9. The Morgan fingerprint density at radius 1 is 1.22 bits per heavy atom. The Morgan fingerprint density at radius 3 is 2.68 bits per heavy atom. The van der Waals surface area contributed by atoms with Crippen LogP contribution in [0.4, 0.5) is 4.39 Å². The highest BCUT2D eigenvalue weighted by molar-refractivity contribution is 6.33. The molecular weight excluding hydrogens is 547 g/mol. The van der Waals surface area contributed by atoms with Crippen LogP contribution >= 0.6 is 11.6 Å². The molecule has 0 fully saturated rings. The summed E-state index contributed by atoms with van der Waals surface area (Å²) in [6, 6.07) is 9.74. The van der Waals surface area contributed by atoms with Crippen molar-refractivity contribution >= 4 is 23.0 Å². The van der Waals surface area contributed by atoms with E-state index in [-0.39, 0.29) is 17.4 Å². The van der Waals surface area contributed by atoms with Crippen molar-refractivity contribution in [3.63, 3.8) is 0 Å². The lowest BCUT2D eigenvalue weighted by Gasteiger charge is -2.35. The summed E-state index contributed by atoms with van der Waals surface area (Å²) < 4.78 is 18.6. The second-order valence-corrected chi connectivity index (χ2v) is 12.3. The lowest BCUT2D eigenvalue weighted by molar-refractivity contribution is -0.120. The molecule has 0 spiro atoms. The monoisotopic (exact) mass is 578 g/mol. The van der Waals surface area contributed by atoms with Gasteiger partial charge in [-0.3, -0.25) is 14.0 Å². The van der Waals surface area contributed by atoms with Gasteiger partial charge in [0, 0.05) is 29.6 Å². The first-order valence-corrected chi connectivity index (χ1v) is 14.2. The van der Waals surface area contributed by atoms with Crippen molar-refractivity contribution in [3.8, 4) is 5.69 Å². The van der Waals surface area contributed by atoms with Crippen molar-refractivity contribution in [1.82, 2.24) is 14.0 Å². The molecule has 0 bridgehead atoms. The Balaban J connectivity index is 1.54. The number of nitrogens with one attached hydrogen (secondary N) is 1. The number of H-pyrrole nitrogens is 1. The molecule has 1 aromatic carbocycles. The van der Waals surface area contributed by atoms with Crippen LogP contribution in [-0.2, 0) is 17.6 Å². The number of carbonyl (C=O) groups excluding carboxylic acids is 1. The largest absolute Gasteiger partial charge is 0.390 e. The number of aromatic amines is 1. The number of halogens is 2. The third-order valence-corrected chi connectivity index (χ3v) is 9.39. The lowest BCUT2D eigenvalue weighted by Crippen LogP contribution is -2.37. The fraction of sp³-hybridized carbons (Fsp3) is 0.387. The van der Waals surface area contributed by atoms with E-state index >= 15 is 4.39 Å². The van der Waals surface area contributed by atoms with Gasteiger partial charge < -0.3 is 15.8 Å². The summed E-state index contributed by atoms with van der Waals surface area (Å²) in [5.74, 6) is -2.12. The van der Waals surface area contributed by atoms with E-state index < -0.39 is 40.8 Å². The van der Waals surface area contributed by atoms with Gasteiger partial charge in [-0.2, -0.15) is 0 Å². The Kier molecular flexibility index (Phi) is 6.50. The number of carbonyl (C=O) groups is 1. The zero-order chi connectivity index (χ0) is 29.4. The molecule has 2 aliphatic carbocycles. The third kappa shape index (κ3) is 4.33. The van der Waals surface area contributed by atoms with Crippen LogP contribution in [0.1, 0.15) is 72.2 Å². The molecule has 4 aromatic rings. The fourth-order valence-corrected chi connectivity index (χ4v) is 7.10. The van der Waals surface area contributed by atoms with Crippen molar-refractivity contribution in [2.45, 2.75) is 70.1 Å². The van der Waals surface area contributed by atoms with Gasteiger partial charge in [-0.05, 0) is 92.8 Å². The molecule has 4 atom stereocenters. The number of alkyl halides is 1. The minimum atomic E-state index is -1.42. The molecule has 3 aromatic heterocycles. The summed E-state index contributed by atoms with van der Waals surface area (Å²) >= 11 is 6.24. The molecule has 1 amide bonds. The number of amides is 1. The van der Waals surface area contributed by atoms with Crippen LogP contribution < -0.4 is 17.0 Å². The fourth-order valence-electron chi connectivity index (χ4n) is 6.88. The Labute approximate surface area is 240 Å². The van der Waals surface area contributed by atoms with Gasteiger partial charge in [0.2, 0.25) is 5.91 Å². The van der Waals surface area contributed by atoms with E-state index in [0.29, 0.717) is 40.9 Å². The summed E-state index contributed by atoms with van der Waals surface area (Å²) in [7, 11) is 0.